The minimum atomic E-state index is -0.602. The fraction of sp³-hybridized carbons (Fsp3) is 0.421. The molecule has 0 saturated carbocycles. The van der Waals surface area contributed by atoms with E-state index < -0.39 is 12.1 Å². The van der Waals surface area contributed by atoms with Gasteiger partial charge >= 0.3 is 6.03 Å². The minimum Gasteiger partial charge on any atom is -0.378 e. The molecule has 2 heterocycles. The molecule has 3 rings (SSSR count). The Balaban J connectivity index is 1.48. The average molecular weight is 422 g/mol. The Kier molecular flexibility index (Phi) is 7.13. The van der Waals surface area contributed by atoms with Gasteiger partial charge in [0.1, 0.15) is 5.82 Å². The van der Waals surface area contributed by atoms with Crippen LogP contribution >= 0.6 is 11.3 Å². The molecule has 1 aliphatic rings. The summed E-state index contributed by atoms with van der Waals surface area (Å²) in [6.07, 6.45) is -0.148. The Morgan fingerprint density at radius 2 is 2.28 bits per heavy atom. The molecule has 8 nitrogen and oxygen atoms in total. The second-order valence-corrected chi connectivity index (χ2v) is 7.49. The van der Waals surface area contributed by atoms with Crippen molar-refractivity contribution in [1.29, 1.82) is 0 Å². The van der Waals surface area contributed by atoms with Crippen LogP contribution in [0.25, 0.3) is 0 Å². The zero-order valence-corrected chi connectivity index (χ0v) is 17.0. The van der Waals surface area contributed by atoms with Crippen LogP contribution in [0.3, 0.4) is 0 Å². The van der Waals surface area contributed by atoms with Crippen molar-refractivity contribution >= 4 is 28.4 Å². The van der Waals surface area contributed by atoms with E-state index in [-0.39, 0.29) is 30.9 Å². The summed E-state index contributed by atoms with van der Waals surface area (Å²) in [7, 11) is 3.24. The lowest BCUT2D eigenvalue weighted by molar-refractivity contribution is -0.144. The van der Waals surface area contributed by atoms with Crippen LogP contribution in [0.5, 0.6) is 0 Å². The van der Waals surface area contributed by atoms with Crippen LogP contribution in [-0.2, 0) is 27.4 Å². The van der Waals surface area contributed by atoms with Gasteiger partial charge in [-0.3, -0.25) is 10.1 Å². The summed E-state index contributed by atoms with van der Waals surface area (Å²) in [4.78, 5) is 30.4. The summed E-state index contributed by atoms with van der Waals surface area (Å²) in [5.74, 6) is -0.516. The van der Waals surface area contributed by atoms with E-state index >= 15 is 0 Å². The lowest BCUT2D eigenvalue weighted by Gasteiger charge is -2.23. The SMILES string of the molecule is CO[C@H]1CCO[C@H]1C(=O)N(C)Cc1csc(NC(=O)NCc2cccc(F)c2)n1. The number of thiazole rings is 1. The predicted molar refractivity (Wildman–Crippen MR) is 106 cm³/mol. The average Bonchev–Trinajstić information content (AvgIpc) is 3.35. The molecular formula is C19H23FN4O4S. The van der Waals surface area contributed by atoms with Crippen LogP contribution in [0.1, 0.15) is 17.7 Å². The predicted octanol–water partition coefficient (Wildman–Crippen LogP) is 2.37. The van der Waals surface area contributed by atoms with E-state index in [2.05, 4.69) is 15.6 Å². The summed E-state index contributed by atoms with van der Waals surface area (Å²) in [5, 5.41) is 7.46. The normalized spacial score (nSPS) is 18.4. The van der Waals surface area contributed by atoms with Crippen LogP contribution in [-0.4, -0.2) is 54.8 Å². The summed E-state index contributed by atoms with van der Waals surface area (Å²) >= 11 is 1.26. The van der Waals surface area contributed by atoms with Crippen molar-refractivity contribution in [3.05, 3.63) is 46.7 Å². The maximum absolute atomic E-state index is 13.2. The van der Waals surface area contributed by atoms with Crippen molar-refractivity contribution in [2.75, 3.05) is 26.1 Å². The van der Waals surface area contributed by atoms with E-state index in [0.717, 1.165) is 0 Å². The molecule has 0 unspecified atom stereocenters. The first-order valence-electron chi connectivity index (χ1n) is 9.09. The number of carbonyl (C=O) groups is 2. The molecule has 10 heteroatoms. The van der Waals surface area contributed by atoms with E-state index in [9.17, 15) is 14.0 Å². The van der Waals surface area contributed by atoms with E-state index in [4.69, 9.17) is 9.47 Å². The third-order valence-corrected chi connectivity index (χ3v) is 5.28. The first-order chi connectivity index (χ1) is 14.0. The monoisotopic (exact) mass is 422 g/mol. The van der Waals surface area contributed by atoms with E-state index in [1.165, 1.54) is 28.4 Å². The fourth-order valence-electron chi connectivity index (χ4n) is 2.99. The summed E-state index contributed by atoms with van der Waals surface area (Å²) in [5.41, 5.74) is 1.31. The molecule has 1 fully saturated rings. The Labute approximate surface area is 172 Å². The van der Waals surface area contributed by atoms with E-state index in [0.29, 0.717) is 29.4 Å². The van der Waals surface area contributed by atoms with Crippen molar-refractivity contribution < 1.29 is 23.5 Å². The number of likely N-dealkylation sites (N-methyl/N-ethyl adjacent to an activating group) is 1. The first kappa shape index (κ1) is 21.2. The molecule has 0 bridgehead atoms. The zero-order chi connectivity index (χ0) is 20.8. The number of hydrogen-bond acceptors (Lipinski definition) is 6. The summed E-state index contributed by atoms with van der Waals surface area (Å²) in [6.45, 7) is 0.984. The van der Waals surface area contributed by atoms with Gasteiger partial charge in [-0.1, -0.05) is 12.1 Å². The van der Waals surface area contributed by atoms with Gasteiger partial charge < -0.3 is 19.7 Å². The number of anilines is 1. The largest absolute Gasteiger partial charge is 0.378 e. The molecule has 3 amide bonds. The third kappa shape index (κ3) is 5.72. The van der Waals surface area contributed by atoms with Crippen LogP contribution in [0.15, 0.2) is 29.6 Å². The van der Waals surface area contributed by atoms with Crippen LogP contribution in [0.4, 0.5) is 14.3 Å². The number of nitrogens with one attached hydrogen (secondary N) is 2. The number of amides is 3. The van der Waals surface area contributed by atoms with Gasteiger partial charge in [0.05, 0.1) is 24.9 Å². The number of benzene rings is 1. The molecule has 1 aromatic heterocycles. The number of aromatic nitrogens is 1. The maximum atomic E-state index is 13.2. The maximum Gasteiger partial charge on any atom is 0.321 e. The molecule has 0 spiro atoms. The van der Waals surface area contributed by atoms with Gasteiger partial charge in [0.15, 0.2) is 11.2 Å². The summed E-state index contributed by atoms with van der Waals surface area (Å²) < 4.78 is 23.9. The fourth-order valence-corrected chi connectivity index (χ4v) is 3.68. The number of urea groups is 1. The molecule has 2 atom stereocenters. The van der Waals surface area contributed by atoms with Crippen molar-refractivity contribution in [3.63, 3.8) is 0 Å². The van der Waals surface area contributed by atoms with E-state index in [1.807, 2.05) is 0 Å². The topological polar surface area (TPSA) is 92.8 Å². The van der Waals surface area contributed by atoms with Gasteiger partial charge in [-0.05, 0) is 17.7 Å². The molecule has 0 radical (unpaired) electrons. The second-order valence-electron chi connectivity index (χ2n) is 6.63. The van der Waals surface area contributed by atoms with Crippen molar-refractivity contribution in [2.24, 2.45) is 0 Å². The van der Waals surface area contributed by atoms with E-state index in [1.54, 1.807) is 31.7 Å². The number of rotatable bonds is 7. The Hall–Kier alpha value is -2.56. The first-order valence-corrected chi connectivity index (χ1v) is 9.97. The zero-order valence-electron chi connectivity index (χ0n) is 16.2. The molecule has 29 heavy (non-hydrogen) atoms. The van der Waals surface area contributed by atoms with Gasteiger partial charge in [0.2, 0.25) is 0 Å². The Morgan fingerprint density at radius 3 is 3.03 bits per heavy atom. The lowest BCUT2D eigenvalue weighted by Crippen LogP contribution is -2.41. The highest BCUT2D eigenvalue weighted by atomic mass is 32.1. The van der Waals surface area contributed by atoms with Gasteiger partial charge in [-0.2, -0.15) is 0 Å². The molecule has 1 aliphatic heterocycles. The molecular weight excluding hydrogens is 399 g/mol. The van der Waals surface area contributed by atoms with Crippen LogP contribution in [0, 0.1) is 5.82 Å². The van der Waals surface area contributed by atoms with Gasteiger partial charge in [-0.15, -0.1) is 11.3 Å². The van der Waals surface area contributed by atoms with Gasteiger partial charge in [0.25, 0.3) is 5.91 Å². The van der Waals surface area contributed by atoms with Crippen molar-refractivity contribution in [3.8, 4) is 0 Å². The molecule has 1 saturated heterocycles. The highest BCUT2D eigenvalue weighted by Gasteiger charge is 2.36. The van der Waals surface area contributed by atoms with Crippen molar-refractivity contribution in [2.45, 2.75) is 31.7 Å². The smallest absolute Gasteiger partial charge is 0.321 e. The highest BCUT2D eigenvalue weighted by Crippen LogP contribution is 2.20. The molecule has 2 N–H and O–H groups in total. The van der Waals surface area contributed by atoms with Gasteiger partial charge in [0, 0.05) is 32.5 Å². The highest BCUT2D eigenvalue weighted by molar-refractivity contribution is 7.13. The Morgan fingerprint density at radius 1 is 1.45 bits per heavy atom. The van der Waals surface area contributed by atoms with Crippen LogP contribution < -0.4 is 10.6 Å². The van der Waals surface area contributed by atoms with Gasteiger partial charge in [-0.25, -0.2) is 14.2 Å². The number of carbonyl (C=O) groups excluding carboxylic acids is 2. The molecule has 2 aromatic rings. The molecule has 0 aliphatic carbocycles. The Bertz CT molecular complexity index is 862. The number of methoxy groups -OCH3 is 1. The number of hydrogen-bond donors (Lipinski definition) is 2. The standard InChI is InChI=1S/C19H23FN4O4S/c1-24(17(25)16-15(27-2)6-7-28-16)10-14-11-29-19(22-14)23-18(26)21-9-12-4-3-5-13(20)8-12/h3-5,8,11,15-16H,6-7,9-10H2,1-2H3,(H2,21,22,23,26)/t15-,16+/m0/s1. The molecule has 156 valence electrons. The second kappa shape index (κ2) is 9.77. The quantitative estimate of drug-likeness (QED) is 0.715. The minimum absolute atomic E-state index is 0.162. The number of nitrogens with zero attached hydrogens (tertiary/aromatic N) is 2. The number of ether oxygens (including phenoxy) is 2. The lowest BCUT2D eigenvalue weighted by atomic mass is 10.1. The van der Waals surface area contributed by atoms with Crippen LogP contribution in [0.2, 0.25) is 0 Å². The third-order valence-electron chi connectivity index (χ3n) is 4.47. The summed E-state index contributed by atoms with van der Waals surface area (Å²) in [6, 6.07) is 5.57. The molecule has 1 aromatic carbocycles. The number of halogens is 1. The van der Waals surface area contributed by atoms with Crippen molar-refractivity contribution in [1.82, 2.24) is 15.2 Å².